The minimum absolute atomic E-state index is 0.173. The lowest BCUT2D eigenvalue weighted by Gasteiger charge is -2.35. The quantitative estimate of drug-likeness (QED) is 0.761. The Labute approximate surface area is 131 Å². The first kappa shape index (κ1) is 17.6. The van der Waals surface area contributed by atoms with Crippen molar-refractivity contribution >= 4 is 15.9 Å². The van der Waals surface area contributed by atoms with Gasteiger partial charge in [-0.15, -0.1) is 0 Å². The highest BCUT2D eigenvalue weighted by molar-refractivity contribution is 9.10. The molecule has 0 saturated carbocycles. The van der Waals surface area contributed by atoms with E-state index in [4.69, 9.17) is 0 Å². The fraction of sp³-hybridized carbons (Fsp3) is 0.625. The van der Waals surface area contributed by atoms with Crippen LogP contribution in [0.1, 0.15) is 38.8 Å². The van der Waals surface area contributed by atoms with Crippen LogP contribution in [0.15, 0.2) is 28.7 Å². The first-order chi connectivity index (χ1) is 9.40. The van der Waals surface area contributed by atoms with Crippen LogP contribution in [-0.2, 0) is 0 Å². The molecule has 0 spiro atoms. The molecule has 1 unspecified atom stereocenters. The van der Waals surface area contributed by atoms with E-state index in [0.717, 1.165) is 24.0 Å². The van der Waals surface area contributed by atoms with E-state index in [9.17, 15) is 5.11 Å². The number of aliphatic hydroxyl groups excluding tert-OH is 1. The van der Waals surface area contributed by atoms with E-state index in [1.54, 1.807) is 0 Å². The number of aliphatic hydroxyl groups is 1. The summed E-state index contributed by atoms with van der Waals surface area (Å²) in [5.41, 5.74) is 1.13. The standard InChI is InChI=1S/C16H27BrN2O/c1-5-18-15(13-7-6-8-14(17)11-13)9-10-19(4)16(2,3)12-20/h6-8,11,15,18,20H,5,9-10,12H2,1-4H3. The van der Waals surface area contributed by atoms with Crippen LogP contribution in [-0.4, -0.2) is 42.3 Å². The lowest BCUT2D eigenvalue weighted by atomic mass is 10.0. The summed E-state index contributed by atoms with van der Waals surface area (Å²) in [5, 5.41) is 13.0. The van der Waals surface area contributed by atoms with Crippen LogP contribution in [0.5, 0.6) is 0 Å². The fourth-order valence-corrected chi connectivity index (χ4v) is 2.52. The molecule has 4 heteroatoms. The molecule has 0 aliphatic rings. The van der Waals surface area contributed by atoms with Gasteiger partial charge in [-0.1, -0.05) is 35.0 Å². The molecule has 0 bridgehead atoms. The van der Waals surface area contributed by atoms with Gasteiger partial charge in [-0.3, -0.25) is 4.90 Å². The van der Waals surface area contributed by atoms with Crippen molar-refractivity contribution in [3.63, 3.8) is 0 Å². The molecule has 0 fully saturated rings. The van der Waals surface area contributed by atoms with Crippen LogP contribution in [0.25, 0.3) is 0 Å². The second-order valence-corrected chi connectivity index (χ2v) is 6.76. The molecular weight excluding hydrogens is 316 g/mol. The summed E-state index contributed by atoms with van der Waals surface area (Å²) in [6.07, 6.45) is 1.02. The third kappa shape index (κ3) is 5.17. The van der Waals surface area contributed by atoms with Crippen molar-refractivity contribution in [2.45, 2.75) is 38.8 Å². The number of nitrogens with one attached hydrogen (secondary N) is 1. The zero-order valence-corrected chi connectivity index (χ0v) is 14.6. The van der Waals surface area contributed by atoms with Crippen molar-refractivity contribution < 1.29 is 5.11 Å². The minimum Gasteiger partial charge on any atom is -0.394 e. The molecule has 0 radical (unpaired) electrons. The van der Waals surface area contributed by atoms with Gasteiger partial charge in [-0.25, -0.2) is 0 Å². The molecule has 3 nitrogen and oxygen atoms in total. The maximum atomic E-state index is 9.42. The SMILES string of the molecule is CCNC(CCN(C)C(C)(C)CO)c1cccc(Br)c1. The van der Waals surface area contributed by atoms with Gasteiger partial charge in [-0.05, 0) is 51.6 Å². The third-order valence-electron chi connectivity index (χ3n) is 3.88. The van der Waals surface area contributed by atoms with Gasteiger partial charge < -0.3 is 10.4 Å². The lowest BCUT2D eigenvalue weighted by molar-refractivity contribution is 0.0758. The van der Waals surface area contributed by atoms with Gasteiger partial charge >= 0.3 is 0 Å². The first-order valence-corrected chi connectivity index (χ1v) is 8.01. The van der Waals surface area contributed by atoms with Crippen LogP contribution in [0, 0.1) is 0 Å². The highest BCUT2D eigenvalue weighted by Crippen LogP contribution is 2.22. The molecule has 1 atom stereocenters. The molecule has 0 aliphatic carbocycles. The molecule has 114 valence electrons. The fourth-order valence-electron chi connectivity index (χ4n) is 2.10. The minimum atomic E-state index is -0.173. The zero-order chi connectivity index (χ0) is 15.2. The highest BCUT2D eigenvalue weighted by Gasteiger charge is 2.23. The number of likely N-dealkylation sites (N-methyl/N-ethyl adjacent to an activating group) is 1. The van der Waals surface area contributed by atoms with Crippen LogP contribution >= 0.6 is 15.9 Å². The zero-order valence-electron chi connectivity index (χ0n) is 13.0. The monoisotopic (exact) mass is 342 g/mol. The molecule has 2 N–H and O–H groups in total. The van der Waals surface area contributed by atoms with Crippen molar-refractivity contribution in [1.29, 1.82) is 0 Å². The van der Waals surface area contributed by atoms with Crippen molar-refractivity contribution in [2.24, 2.45) is 0 Å². The van der Waals surface area contributed by atoms with E-state index in [1.807, 2.05) is 6.07 Å². The van der Waals surface area contributed by atoms with Gasteiger partial charge in [0.1, 0.15) is 0 Å². The second kappa shape index (κ2) is 8.13. The molecule has 0 aromatic heterocycles. The number of halogens is 1. The maximum absolute atomic E-state index is 9.42. The van der Waals surface area contributed by atoms with Gasteiger partial charge in [0, 0.05) is 22.6 Å². The smallest absolute Gasteiger partial charge is 0.0609 e. The average molecular weight is 343 g/mol. The summed E-state index contributed by atoms with van der Waals surface area (Å²) in [5.74, 6) is 0. The Balaban J connectivity index is 2.69. The Morgan fingerprint density at radius 2 is 2.10 bits per heavy atom. The molecule has 1 aromatic rings. The van der Waals surface area contributed by atoms with Crippen LogP contribution < -0.4 is 5.32 Å². The van der Waals surface area contributed by atoms with E-state index in [1.165, 1.54) is 5.56 Å². The summed E-state index contributed by atoms with van der Waals surface area (Å²) in [4.78, 5) is 2.22. The van der Waals surface area contributed by atoms with Gasteiger partial charge in [0.05, 0.1) is 6.61 Å². The van der Waals surface area contributed by atoms with Crippen molar-refractivity contribution in [2.75, 3.05) is 26.7 Å². The van der Waals surface area contributed by atoms with E-state index in [0.29, 0.717) is 6.04 Å². The summed E-state index contributed by atoms with van der Waals surface area (Å²) < 4.78 is 1.11. The Morgan fingerprint density at radius 1 is 1.40 bits per heavy atom. The molecule has 1 aromatic carbocycles. The van der Waals surface area contributed by atoms with E-state index < -0.39 is 0 Å². The van der Waals surface area contributed by atoms with Gasteiger partial charge in [0.2, 0.25) is 0 Å². The molecule has 0 saturated heterocycles. The number of benzene rings is 1. The molecule has 0 amide bonds. The predicted octanol–water partition coefficient (Wildman–Crippen LogP) is 3.19. The summed E-state index contributed by atoms with van der Waals surface area (Å²) in [6, 6.07) is 8.80. The van der Waals surface area contributed by atoms with E-state index >= 15 is 0 Å². The van der Waals surface area contributed by atoms with Crippen LogP contribution in [0.3, 0.4) is 0 Å². The molecule has 0 aliphatic heterocycles. The lowest BCUT2D eigenvalue weighted by Crippen LogP contribution is -2.45. The van der Waals surface area contributed by atoms with E-state index in [2.05, 4.69) is 72.2 Å². The topological polar surface area (TPSA) is 35.5 Å². The van der Waals surface area contributed by atoms with Gasteiger partial charge in [0.15, 0.2) is 0 Å². The van der Waals surface area contributed by atoms with Crippen LogP contribution in [0.2, 0.25) is 0 Å². The van der Waals surface area contributed by atoms with Gasteiger partial charge in [-0.2, -0.15) is 0 Å². The number of hydrogen-bond acceptors (Lipinski definition) is 3. The first-order valence-electron chi connectivity index (χ1n) is 7.21. The van der Waals surface area contributed by atoms with Crippen molar-refractivity contribution in [3.05, 3.63) is 34.3 Å². The second-order valence-electron chi connectivity index (χ2n) is 5.85. The third-order valence-corrected chi connectivity index (χ3v) is 4.37. The molecule has 0 heterocycles. The molecular formula is C16H27BrN2O. The van der Waals surface area contributed by atoms with E-state index in [-0.39, 0.29) is 12.1 Å². The Kier molecular flexibility index (Phi) is 7.17. The highest BCUT2D eigenvalue weighted by atomic mass is 79.9. The molecule has 20 heavy (non-hydrogen) atoms. The Morgan fingerprint density at radius 3 is 2.65 bits per heavy atom. The van der Waals surface area contributed by atoms with Crippen molar-refractivity contribution in [3.8, 4) is 0 Å². The summed E-state index contributed by atoms with van der Waals surface area (Å²) in [6.45, 7) is 8.32. The average Bonchev–Trinajstić information content (AvgIpc) is 2.43. The van der Waals surface area contributed by atoms with Crippen molar-refractivity contribution in [1.82, 2.24) is 10.2 Å². The predicted molar refractivity (Wildman–Crippen MR) is 89.0 cm³/mol. The number of hydrogen-bond donors (Lipinski definition) is 2. The maximum Gasteiger partial charge on any atom is 0.0609 e. The van der Waals surface area contributed by atoms with Gasteiger partial charge in [0.25, 0.3) is 0 Å². The Hall–Kier alpha value is -0.420. The van der Waals surface area contributed by atoms with Crippen LogP contribution in [0.4, 0.5) is 0 Å². The number of nitrogens with zero attached hydrogens (tertiary/aromatic N) is 1. The largest absolute Gasteiger partial charge is 0.394 e. The number of rotatable bonds is 8. The summed E-state index contributed by atoms with van der Waals surface area (Å²) in [7, 11) is 2.07. The molecule has 1 rings (SSSR count). The summed E-state index contributed by atoms with van der Waals surface area (Å²) >= 11 is 3.53. The normalized spacial score (nSPS) is 13.8. The Bertz CT molecular complexity index is 409.